The van der Waals surface area contributed by atoms with Crippen LogP contribution in [0.1, 0.15) is 12.8 Å². The predicted molar refractivity (Wildman–Crippen MR) is 94.7 cm³/mol. The molecule has 2 rings (SSSR count). The molecule has 9 heteroatoms. The standard InChI is InChI=1S/C15H19ClN4O3.ClH/c1-17-8-9-18-13(21)7-6-12-14(22)20(15(23)19-12)11-4-2-10(16)3-5-11;/h2-5,12,17H,6-9H2,1H3,(H,18,21)(H,19,23);1H. The summed E-state index contributed by atoms with van der Waals surface area (Å²) in [7, 11) is 1.80. The second-order valence-corrected chi connectivity index (χ2v) is 5.58. The van der Waals surface area contributed by atoms with Gasteiger partial charge in [0.25, 0.3) is 5.91 Å². The lowest BCUT2D eigenvalue weighted by Gasteiger charge is -2.13. The van der Waals surface area contributed by atoms with Gasteiger partial charge in [0.15, 0.2) is 0 Å². The monoisotopic (exact) mass is 374 g/mol. The minimum atomic E-state index is -0.687. The maximum atomic E-state index is 12.3. The van der Waals surface area contributed by atoms with Crippen LogP contribution in [0.3, 0.4) is 0 Å². The van der Waals surface area contributed by atoms with Gasteiger partial charge in [0.2, 0.25) is 5.91 Å². The number of urea groups is 1. The van der Waals surface area contributed by atoms with E-state index in [-0.39, 0.29) is 37.1 Å². The molecular weight excluding hydrogens is 355 g/mol. The molecular formula is C15H20Cl2N4O3. The second-order valence-electron chi connectivity index (χ2n) is 5.14. The molecule has 0 saturated carbocycles. The van der Waals surface area contributed by atoms with Gasteiger partial charge in [-0.05, 0) is 37.7 Å². The van der Waals surface area contributed by atoms with Gasteiger partial charge in [0.05, 0.1) is 5.69 Å². The summed E-state index contributed by atoms with van der Waals surface area (Å²) in [6.07, 6.45) is 0.439. The number of likely N-dealkylation sites (N-methyl/N-ethyl adjacent to an activating group) is 1. The first-order valence-electron chi connectivity index (χ1n) is 7.34. The number of nitrogens with zero attached hydrogens (tertiary/aromatic N) is 1. The maximum Gasteiger partial charge on any atom is 0.329 e. The lowest BCUT2D eigenvalue weighted by molar-refractivity contribution is -0.121. The number of rotatable bonds is 7. The van der Waals surface area contributed by atoms with Crippen molar-refractivity contribution in [3.8, 4) is 0 Å². The molecule has 1 atom stereocenters. The Hall–Kier alpha value is -1.83. The minimum Gasteiger partial charge on any atom is -0.355 e. The van der Waals surface area contributed by atoms with Crippen LogP contribution in [0.15, 0.2) is 24.3 Å². The third-order valence-electron chi connectivity index (χ3n) is 3.46. The van der Waals surface area contributed by atoms with E-state index in [4.69, 9.17) is 11.6 Å². The summed E-state index contributed by atoms with van der Waals surface area (Å²) >= 11 is 5.80. The van der Waals surface area contributed by atoms with Crippen molar-refractivity contribution in [1.29, 1.82) is 0 Å². The number of benzene rings is 1. The summed E-state index contributed by atoms with van der Waals surface area (Å²) in [5.41, 5.74) is 0.456. The zero-order valence-electron chi connectivity index (χ0n) is 13.2. The van der Waals surface area contributed by atoms with Gasteiger partial charge in [-0.2, -0.15) is 0 Å². The number of carbonyl (C=O) groups excluding carboxylic acids is 3. The number of hydrogen-bond acceptors (Lipinski definition) is 4. The Bertz CT molecular complexity index is 595. The summed E-state index contributed by atoms with van der Waals surface area (Å²) in [5.74, 6) is -0.507. The smallest absolute Gasteiger partial charge is 0.329 e. The predicted octanol–water partition coefficient (Wildman–Crippen LogP) is 1.30. The first kappa shape index (κ1) is 20.2. The Balaban J connectivity index is 0.00000288. The Labute approximate surface area is 151 Å². The van der Waals surface area contributed by atoms with Crippen LogP contribution in [-0.4, -0.2) is 44.0 Å². The average molecular weight is 375 g/mol. The normalized spacial score (nSPS) is 16.6. The van der Waals surface area contributed by atoms with Crippen LogP contribution in [0.2, 0.25) is 5.02 Å². The summed E-state index contributed by atoms with van der Waals surface area (Å²) in [5, 5.41) is 8.77. The van der Waals surface area contributed by atoms with Crippen LogP contribution < -0.4 is 20.9 Å². The molecule has 3 N–H and O–H groups in total. The van der Waals surface area contributed by atoms with Crippen molar-refractivity contribution >= 4 is 47.5 Å². The van der Waals surface area contributed by atoms with Crippen molar-refractivity contribution in [2.24, 2.45) is 0 Å². The molecule has 132 valence electrons. The van der Waals surface area contributed by atoms with Crippen molar-refractivity contribution in [2.75, 3.05) is 25.0 Å². The highest BCUT2D eigenvalue weighted by Crippen LogP contribution is 2.22. The maximum absolute atomic E-state index is 12.3. The van der Waals surface area contributed by atoms with E-state index < -0.39 is 12.1 Å². The number of halogens is 2. The van der Waals surface area contributed by atoms with Crippen molar-refractivity contribution in [2.45, 2.75) is 18.9 Å². The molecule has 0 spiro atoms. The van der Waals surface area contributed by atoms with E-state index in [0.717, 1.165) is 4.90 Å². The quantitative estimate of drug-likeness (QED) is 0.495. The Morgan fingerprint density at radius 3 is 2.54 bits per heavy atom. The lowest BCUT2D eigenvalue weighted by Crippen LogP contribution is -2.34. The zero-order chi connectivity index (χ0) is 16.8. The average Bonchev–Trinajstić information content (AvgIpc) is 2.81. The van der Waals surface area contributed by atoms with Crippen LogP contribution in [0.4, 0.5) is 10.5 Å². The molecule has 0 bridgehead atoms. The van der Waals surface area contributed by atoms with E-state index in [9.17, 15) is 14.4 Å². The second kappa shape index (κ2) is 9.46. The van der Waals surface area contributed by atoms with Crippen LogP contribution in [-0.2, 0) is 9.59 Å². The van der Waals surface area contributed by atoms with E-state index in [2.05, 4.69) is 16.0 Å². The van der Waals surface area contributed by atoms with Crippen LogP contribution in [0.25, 0.3) is 0 Å². The van der Waals surface area contributed by atoms with Gasteiger partial charge in [0.1, 0.15) is 6.04 Å². The largest absolute Gasteiger partial charge is 0.355 e. The van der Waals surface area contributed by atoms with Crippen molar-refractivity contribution in [3.05, 3.63) is 29.3 Å². The van der Waals surface area contributed by atoms with Crippen molar-refractivity contribution < 1.29 is 14.4 Å². The molecule has 0 aromatic heterocycles. The fraction of sp³-hybridized carbons (Fsp3) is 0.400. The third kappa shape index (κ3) is 5.09. The molecule has 0 radical (unpaired) electrons. The highest BCUT2D eigenvalue weighted by Gasteiger charge is 2.38. The Morgan fingerprint density at radius 1 is 1.25 bits per heavy atom. The zero-order valence-corrected chi connectivity index (χ0v) is 14.7. The van der Waals surface area contributed by atoms with Gasteiger partial charge in [-0.15, -0.1) is 12.4 Å². The molecule has 24 heavy (non-hydrogen) atoms. The minimum absolute atomic E-state index is 0. The molecule has 0 aliphatic carbocycles. The van der Waals surface area contributed by atoms with E-state index >= 15 is 0 Å². The number of anilines is 1. The van der Waals surface area contributed by atoms with Gasteiger partial charge in [0, 0.05) is 24.5 Å². The number of carbonyl (C=O) groups is 3. The number of imide groups is 1. The van der Waals surface area contributed by atoms with E-state index in [1.54, 1.807) is 31.3 Å². The topological polar surface area (TPSA) is 90.5 Å². The Kier molecular flexibility index (Phi) is 7.97. The van der Waals surface area contributed by atoms with Crippen LogP contribution in [0, 0.1) is 0 Å². The summed E-state index contributed by atoms with van der Waals surface area (Å²) in [4.78, 5) is 37.1. The molecule has 1 unspecified atom stereocenters. The van der Waals surface area contributed by atoms with Gasteiger partial charge < -0.3 is 16.0 Å². The van der Waals surface area contributed by atoms with Gasteiger partial charge >= 0.3 is 6.03 Å². The molecule has 1 aliphatic heterocycles. The first-order chi connectivity index (χ1) is 11.0. The van der Waals surface area contributed by atoms with E-state index in [1.807, 2.05) is 0 Å². The summed E-state index contributed by atoms with van der Waals surface area (Å²) in [6, 6.07) is 5.25. The van der Waals surface area contributed by atoms with Gasteiger partial charge in [-0.1, -0.05) is 11.6 Å². The Morgan fingerprint density at radius 2 is 1.92 bits per heavy atom. The van der Waals surface area contributed by atoms with Gasteiger partial charge in [-0.3, -0.25) is 9.59 Å². The molecule has 7 nitrogen and oxygen atoms in total. The molecule has 4 amide bonds. The first-order valence-corrected chi connectivity index (χ1v) is 7.72. The summed E-state index contributed by atoms with van der Waals surface area (Å²) < 4.78 is 0. The van der Waals surface area contributed by atoms with Crippen LogP contribution >= 0.6 is 24.0 Å². The highest BCUT2D eigenvalue weighted by molar-refractivity contribution is 6.30. The molecule has 1 heterocycles. The number of nitrogens with one attached hydrogen (secondary N) is 3. The van der Waals surface area contributed by atoms with Crippen LogP contribution in [0.5, 0.6) is 0 Å². The molecule has 1 aromatic carbocycles. The SMILES string of the molecule is CNCCNC(=O)CCC1NC(=O)N(c2ccc(Cl)cc2)C1=O.Cl. The highest BCUT2D eigenvalue weighted by atomic mass is 35.5. The van der Waals surface area contributed by atoms with Crippen molar-refractivity contribution in [3.63, 3.8) is 0 Å². The van der Waals surface area contributed by atoms with Crippen molar-refractivity contribution in [1.82, 2.24) is 16.0 Å². The number of amides is 4. The van der Waals surface area contributed by atoms with Gasteiger partial charge in [-0.25, -0.2) is 9.69 Å². The summed E-state index contributed by atoms with van der Waals surface area (Å²) in [6.45, 7) is 1.20. The molecule has 1 fully saturated rings. The third-order valence-corrected chi connectivity index (χ3v) is 3.71. The number of hydrogen-bond donors (Lipinski definition) is 3. The van der Waals surface area contributed by atoms with E-state index in [0.29, 0.717) is 23.8 Å². The fourth-order valence-corrected chi connectivity index (χ4v) is 2.38. The van der Waals surface area contributed by atoms with E-state index in [1.165, 1.54) is 0 Å². The molecule has 1 saturated heterocycles. The molecule has 1 aromatic rings. The fourth-order valence-electron chi connectivity index (χ4n) is 2.25. The molecule has 1 aliphatic rings. The lowest BCUT2D eigenvalue weighted by atomic mass is 10.1.